The third kappa shape index (κ3) is 4.59. The lowest BCUT2D eigenvalue weighted by atomic mass is 10.1. The Balaban J connectivity index is 1.34. The van der Waals surface area contributed by atoms with E-state index in [4.69, 9.17) is 12.2 Å². The first kappa shape index (κ1) is 16.5. The highest BCUT2D eigenvalue weighted by atomic mass is 32.1. The van der Waals surface area contributed by atoms with Crippen molar-refractivity contribution in [2.45, 2.75) is 19.3 Å². The highest BCUT2D eigenvalue weighted by molar-refractivity contribution is 7.80. The first-order valence-corrected chi connectivity index (χ1v) is 8.84. The summed E-state index contributed by atoms with van der Waals surface area (Å²) in [5.41, 5.74) is 3.89. The van der Waals surface area contributed by atoms with Gasteiger partial charge < -0.3 is 15.6 Å². The maximum absolute atomic E-state index is 5.34. The Morgan fingerprint density at radius 2 is 1.62 bits per heavy atom. The number of rotatable bonds is 7. The van der Waals surface area contributed by atoms with Gasteiger partial charge in [0.15, 0.2) is 5.11 Å². The van der Waals surface area contributed by atoms with Gasteiger partial charge in [0.2, 0.25) is 0 Å². The molecule has 0 spiro atoms. The average Bonchev–Trinajstić information content (AvgIpc) is 3.03. The van der Waals surface area contributed by atoms with Gasteiger partial charge in [-0.1, -0.05) is 48.5 Å². The topological polar surface area (TPSA) is 39.8 Å². The van der Waals surface area contributed by atoms with Gasteiger partial charge in [0.05, 0.1) is 0 Å². The molecule has 2 aromatic carbocycles. The van der Waals surface area contributed by atoms with E-state index >= 15 is 0 Å². The van der Waals surface area contributed by atoms with Crippen LogP contribution in [0.25, 0.3) is 10.9 Å². The van der Waals surface area contributed by atoms with Crippen LogP contribution in [0.1, 0.15) is 17.5 Å². The van der Waals surface area contributed by atoms with E-state index in [1.807, 2.05) is 0 Å². The lowest BCUT2D eigenvalue weighted by Gasteiger charge is -2.10. The molecule has 24 heavy (non-hydrogen) atoms. The zero-order chi connectivity index (χ0) is 16.6. The SMILES string of the molecule is S=C(NCCCc1ccccc1)NCCc1c[nH]c2ccccc12. The molecular formula is C20H23N3S. The smallest absolute Gasteiger partial charge is 0.166 e. The summed E-state index contributed by atoms with van der Waals surface area (Å²) in [6.07, 6.45) is 5.19. The van der Waals surface area contributed by atoms with E-state index in [0.29, 0.717) is 0 Å². The van der Waals surface area contributed by atoms with Crippen molar-refractivity contribution in [3.05, 3.63) is 71.9 Å². The molecule has 0 aliphatic carbocycles. The van der Waals surface area contributed by atoms with E-state index < -0.39 is 0 Å². The van der Waals surface area contributed by atoms with E-state index in [9.17, 15) is 0 Å². The lowest BCUT2D eigenvalue weighted by molar-refractivity contribution is 0.751. The standard InChI is InChI=1S/C20H23N3S/c24-20(21-13-6-9-16-7-2-1-3-8-16)22-14-12-17-15-23-19-11-5-4-10-18(17)19/h1-5,7-8,10-11,15,23H,6,9,12-14H2,(H2,21,22,24). The second-order valence-electron chi connectivity index (χ2n) is 5.88. The average molecular weight is 337 g/mol. The van der Waals surface area contributed by atoms with Crippen LogP contribution in [0, 0.1) is 0 Å². The van der Waals surface area contributed by atoms with Crippen LogP contribution in [-0.4, -0.2) is 23.2 Å². The van der Waals surface area contributed by atoms with Crippen LogP contribution in [0.2, 0.25) is 0 Å². The van der Waals surface area contributed by atoms with Gasteiger partial charge in [-0.05, 0) is 48.7 Å². The largest absolute Gasteiger partial charge is 0.363 e. The number of fused-ring (bicyclic) bond motifs is 1. The zero-order valence-electron chi connectivity index (χ0n) is 13.7. The summed E-state index contributed by atoms with van der Waals surface area (Å²) in [7, 11) is 0. The molecule has 0 aliphatic heterocycles. The maximum Gasteiger partial charge on any atom is 0.166 e. The van der Waals surface area contributed by atoms with Crippen LogP contribution in [0.3, 0.4) is 0 Å². The number of H-pyrrole nitrogens is 1. The molecule has 3 nitrogen and oxygen atoms in total. The summed E-state index contributed by atoms with van der Waals surface area (Å²) < 4.78 is 0. The molecule has 124 valence electrons. The number of benzene rings is 2. The Morgan fingerprint density at radius 3 is 2.50 bits per heavy atom. The summed E-state index contributed by atoms with van der Waals surface area (Å²) in [6, 6.07) is 18.9. The molecule has 0 bridgehead atoms. The molecule has 1 aromatic heterocycles. The number of aromatic amines is 1. The van der Waals surface area contributed by atoms with Crippen LogP contribution in [0.4, 0.5) is 0 Å². The lowest BCUT2D eigenvalue weighted by Crippen LogP contribution is -2.36. The van der Waals surface area contributed by atoms with Crippen molar-refractivity contribution in [2.75, 3.05) is 13.1 Å². The minimum atomic E-state index is 0.739. The Kier molecular flexibility index (Phi) is 5.85. The second-order valence-corrected chi connectivity index (χ2v) is 6.29. The number of hydrogen-bond donors (Lipinski definition) is 3. The fourth-order valence-corrected chi connectivity index (χ4v) is 3.05. The summed E-state index contributed by atoms with van der Waals surface area (Å²) in [4.78, 5) is 3.31. The van der Waals surface area contributed by atoms with E-state index in [-0.39, 0.29) is 0 Å². The van der Waals surface area contributed by atoms with Crippen molar-refractivity contribution in [3.63, 3.8) is 0 Å². The Hall–Kier alpha value is -2.33. The monoisotopic (exact) mass is 337 g/mol. The van der Waals surface area contributed by atoms with Gasteiger partial charge in [0.25, 0.3) is 0 Å². The van der Waals surface area contributed by atoms with Crippen molar-refractivity contribution in [1.82, 2.24) is 15.6 Å². The molecule has 0 fully saturated rings. The number of nitrogens with one attached hydrogen (secondary N) is 3. The molecule has 0 radical (unpaired) electrons. The van der Waals surface area contributed by atoms with Crippen LogP contribution >= 0.6 is 12.2 Å². The van der Waals surface area contributed by atoms with E-state index in [2.05, 4.69) is 76.4 Å². The number of aryl methyl sites for hydroxylation is 1. The van der Waals surface area contributed by atoms with Crippen molar-refractivity contribution in [3.8, 4) is 0 Å². The van der Waals surface area contributed by atoms with Crippen LogP contribution in [0.15, 0.2) is 60.8 Å². The van der Waals surface area contributed by atoms with Gasteiger partial charge in [-0.15, -0.1) is 0 Å². The molecule has 0 unspecified atom stereocenters. The van der Waals surface area contributed by atoms with Gasteiger partial charge in [-0.3, -0.25) is 0 Å². The maximum atomic E-state index is 5.34. The second kappa shape index (κ2) is 8.50. The molecule has 3 rings (SSSR count). The van der Waals surface area contributed by atoms with Crippen LogP contribution < -0.4 is 10.6 Å². The van der Waals surface area contributed by atoms with Crippen LogP contribution in [-0.2, 0) is 12.8 Å². The summed E-state index contributed by atoms with van der Waals surface area (Å²) in [5, 5.41) is 8.60. The molecule has 0 aliphatic rings. The first-order chi connectivity index (χ1) is 11.8. The van der Waals surface area contributed by atoms with E-state index in [1.54, 1.807) is 0 Å². The molecule has 0 saturated carbocycles. The van der Waals surface area contributed by atoms with Gasteiger partial charge in [0.1, 0.15) is 0 Å². The molecule has 0 atom stereocenters. The molecular weight excluding hydrogens is 314 g/mol. The van der Waals surface area contributed by atoms with Gasteiger partial charge in [-0.2, -0.15) is 0 Å². The quantitative estimate of drug-likeness (QED) is 0.453. The van der Waals surface area contributed by atoms with E-state index in [0.717, 1.165) is 37.5 Å². The summed E-state index contributed by atoms with van der Waals surface area (Å²) >= 11 is 5.34. The molecule has 3 N–H and O–H groups in total. The molecule has 1 heterocycles. The number of hydrogen-bond acceptors (Lipinski definition) is 1. The molecule has 3 aromatic rings. The van der Waals surface area contributed by atoms with Crippen molar-refractivity contribution in [2.24, 2.45) is 0 Å². The fraction of sp³-hybridized carbons (Fsp3) is 0.250. The normalized spacial score (nSPS) is 10.7. The Labute approximate surface area is 148 Å². The summed E-state index contributed by atoms with van der Waals surface area (Å²) in [5.74, 6) is 0. The predicted octanol–water partition coefficient (Wildman–Crippen LogP) is 3.81. The zero-order valence-corrected chi connectivity index (χ0v) is 14.5. The minimum Gasteiger partial charge on any atom is -0.363 e. The van der Waals surface area contributed by atoms with E-state index in [1.165, 1.54) is 22.0 Å². The predicted molar refractivity (Wildman–Crippen MR) is 105 cm³/mol. The first-order valence-electron chi connectivity index (χ1n) is 8.43. The Morgan fingerprint density at radius 1 is 0.875 bits per heavy atom. The number of thiocarbonyl (C=S) groups is 1. The highest BCUT2D eigenvalue weighted by Crippen LogP contribution is 2.17. The van der Waals surface area contributed by atoms with Crippen molar-refractivity contribution < 1.29 is 0 Å². The van der Waals surface area contributed by atoms with Gasteiger partial charge in [0, 0.05) is 30.2 Å². The molecule has 0 saturated heterocycles. The summed E-state index contributed by atoms with van der Waals surface area (Å²) in [6.45, 7) is 1.74. The van der Waals surface area contributed by atoms with Crippen molar-refractivity contribution >= 4 is 28.2 Å². The Bertz CT molecular complexity index is 780. The van der Waals surface area contributed by atoms with Crippen molar-refractivity contribution in [1.29, 1.82) is 0 Å². The van der Waals surface area contributed by atoms with Crippen LogP contribution in [0.5, 0.6) is 0 Å². The molecule has 4 heteroatoms. The van der Waals surface area contributed by atoms with Gasteiger partial charge in [-0.25, -0.2) is 0 Å². The third-order valence-corrected chi connectivity index (χ3v) is 4.41. The highest BCUT2D eigenvalue weighted by Gasteiger charge is 2.03. The number of para-hydroxylation sites is 1. The molecule has 0 amide bonds. The minimum absolute atomic E-state index is 0.739. The third-order valence-electron chi connectivity index (χ3n) is 4.13. The van der Waals surface area contributed by atoms with Gasteiger partial charge >= 0.3 is 0 Å². The fourth-order valence-electron chi connectivity index (χ4n) is 2.85. The number of aromatic nitrogens is 1.